The normalized spacial score (nSPS) is 22.2. The van der Waals surface area contributed by atoms with Crippen LogP contribution >= 0.6 is 0 Å². The lowest BCUT2D eigenvalue weighted by Gasteiger charge is -2.40. The summed E-state index contributed by atoms with van der Waals surface area (Å²) < 4.78 is 1.84. The SMILES string of the molecule is O=C(Cn1ncc2ccccc21)N1CC[C@@]2(CCCN(CCc3ccccc3)C2)C1. The van der Waals surface area contributed by atoms with E-state index in [1.165, 1.54) is 24.9 Å². The van der Waals surface area contributed by atoms with E-state index in [1.54, 1.807) is 0 Å². The molecule has 0 saturated carbocycles. The Kier molecular flexibility index (Phi) is 5.30. The van der Waals surface area contributed by atoms with Crippen LogP contribution in [-0.2, 0) is 17.8 Å². The average molecular weight is 403 g/mol. The maximum Gasteiger partial charge on any atom is 0.244 e. The number of para-hydroxylation sites is 1. The van der Waals surface area contributed by atoms with Crippen LogP contribution in [0.3, 0.4) is 0 Å². The van der Waals surface area contributed by atoms with Crippen LogP contribution in [0.4, 0.5) is 0 Å². The summed E-state index contributed by atoms with van der Waals surface area (Å²) in [6, 6.07) is 18.8. The first kappa shape index (κ1) is 19.3. The summed E-state index contributed by atoms with van der Waals surface area (Å²) in [6.45, 7) is 5.52. The van der Waals surface area contributed by atoms with Gasteiger partial charge in [-0.15, -0.1) is 0 Å². The molecule has 0 N–H and O–H groups in total. The predicted octanol–water partition coefficient (Wildman–Crippen LogP) is 3.59. The number of hydrogen-bond donors (Lipinski definition) is 0. The number of benzene rings is 2. The second-order valence-corrected chi connectivity index (χ2v) is 9.04. The van der Waals surface area contributed by atoms with Gasteiger partial charge in [-0.05, 0) is 43.9 Å². The minimum absolute atomic E-state index is 0.196. The highest BCUT2D eigenvalue weighted by Gasteiger charge is 2.42. The molecule has 156 valence electrons. The molecular formula is C25H30N4O. The molecular weight excluding hydrogens is 372 g/mol. The second-order valence-electron chi connectivity index (χ2n) is 9.04. The minimum Gasteiger partial charge on any atom is -0.340 e. The standard InChI is InChI=1S/C25H30N4O/c30-24(18-29-23-10-5-4-9-22(23)17-26-29)28-16-13-25(20-28)12-6-14-27(19-25)15-11-21-7-2-1-3-8-21/h1-5,7-10,17H,6,11-16,18-20H2/t25-/m1/s1. The van der Waals surface area contributed by atoms with Gasteiger partial charge in [0.05, 0.1) is 11.7 Å². The van der Waals surface area contributed by atoms with Crippen LogP contribution in [0.5, 0.6) is 0 Å². The van der Waals surface area contributed by atoms with E-state index in [9.17, 15) is 4.79 Å². The lowest BCUT2D eigenvalue weighted by Crippen LogP contribution is -2.46. The average Bonchev–Trinajstić information content (AvgIpc) is 3.38. The molecule has 0 bridgehead atoms. The third-order valence-corrected chi connectivity index (χ3v) is 6.93. The first-order valence-corrected chi connectivity index (χ1v) is 11.2. The molecule has 1 spiro atoms. The van der Waals surface area contributed by atoms with Crippen LogP contribution in [0.1, 0.15) is 24.8 Å². The molecule has 5 nitrogen and oxygen atoms in total. The van der Waals surface area contributed by atoms with Crippen molar-refractivity contribution in [2.24, 2.45) is 5.41 Å². The minimum atomic E-state index is 0.196. The zero-order chi connectivity index (χ0) is 20.4. The summed E-state index contributed by atoms with van der Waals surface area (Å²) in [5.41, 5.74) is 2.72. The molecule has 2 aliphatic heterocycles. The van der Waals surface area contributed by atoms with Gasteiger partial charge < -0.3 is 9.80 Å². The first-order valence-electron chi connectivity index (χ1n) is 11.2. The van der Waals surface area contributed by atoms with E-state index >= 15 is 0 Å². The van der Waals surface area contributed by atoms with Crippen molar-refractivity contribution >= 4 is 16.8 Å². The molecule has 2 fully saturated rings. The molecule has 3 aromatic rings. The van der Waals surface area contributed by atoms with Gasteiger partial charge in [0.25, 0.3) is 0 Å². The third-order valence-electron chi connectivity index (χ3n) is 6.93. The van der Waals surface area contributed by atoms with Gasteiger partial charge in [-0.1, -0.05) is 48.5 Å². The summed E-state index contributed by atoms with van der Waals surface area (Å²) in [6.07, 6.45) is 6.55. The number of rotatable bonds is 5. The Bertz CT molecular complexity index is 1010. The molecule has 1 aromatic heterocycles. The van der Waals surface area contributed by atoms with Crippen molar-refractivity contribution in [2.45, 2.75) is 32.2 Å². The van der Waals surface area contributed by atoms with Gasteiger partial charge in [0.15, 0.2) is 0 Å². The number of aromatic nitrogens is 2. The zero-order valence-corrected chi connectivity index (χ0v) is 17.5. The molecule has 2 saturated heterocycles. The topological polar surface area (TPSA) is 41.4 Å². The lowest BCUT2D eigenvalue weighted by atomic mass is 9.79. The Morgan fingerprint density at radius 1 is 0.967 bits per heavy atom. The van der Waals surface area contributed by atoms with E-state index in [-0.39, 0.29) is 11.3 Å². The zero-order valence-electron chi connectivity index (χ0n) is 17.5. The van der Waals surface area contributed by atoms with E-state index in [1.807, 2.05) is 35.1 Å². The molecule has 1 atom stereocenters. The molecule has 30 heavy (non-hydrogen) atoms. The Balaban J connectivity index is 1.19. The fourth-order valence-corrected chi connectivity index (χ4v) is 5.29. The molecule has 0 radical (unpaired) electrons. The van der Waals surface area contributed by atoms with Crippen LogP contribution in [0, 0.1) is 5.41 Å². The highest BCUT2D eigenvalue weighted by atomic mass is 16.2. The van der Waals surface area contributed by atoms with Gasteiger partial charge in [0, 0.05) is 37.0 Å². The number of carbonyl (C=O) groups is 1. The maximum atomic E-state index is 13.0. The Labute approximate surface area is 178 Å². The highest BCUT2D eigenvalue weighted by molar-refractivity contribution is 5.82. The number of likely N-dealkylation sites (tertiary alicyclic amines) is 2. The van der Waals surface area contributed by atoms with Gasteiger partial charge >= 0.3 is 0 Å². The molecule has 2 aromatic carbocycles. The van der Waals surface area contributed by atoms with Crippen LogP contribution in [0.15, 0.2) is 60.8 Å². The molecule has 3 heterocycles. The fourth-order valence-electron chi connectivity index (χ4n) is 5.29. The summed E-state index contributed by atoms with van der Waals surface area (Å²) in [5.74, 6) is 0.196. The van der Waals surface area contributed by atoms with Crippen molar-refractivity contribution in [1.29, 1.82) is 0 Å². The molecule has 0 unspecified atom stereocenters. The number of carbonyl (C=O) groups excluding carboxylic acids is 1. The van der Waals surface area contributed by atoms with Gasteiger partial charge in [0.1, 0.15) is 6.54 Å². The van der Waals surface area contributed by atoms with E-state index < -0.39 is 0 Å². The maximum absolute atomic E-state index is 13.0. The van der Waals surface area contributed by atoms with Crippen LogP contribution in [0.25, 0.3) is 10.9 Å². The van der Waals surface area contributed by atoms with Crippen molar-refractivity contribution in [2.75, 3.05) is 32.7 Å². The Hall–Kier alpha value is -2.66. The van der Waals surface area contributed by atoms with Gasteiger partial charge in [-0.25, -0.2) is 0 Å². The van der Waals surface area contributed by atoms with Crippen LogP contribution in [0.2, 0.25) is 0 Å². The van der Waals surface area contributed by atoms with E-state index in [0.29, 0.717) is 6.54 Å². The summed E-state index contributed by atoms with van der Waals surface area (Å²) in [5, 5.41) is 5.52. The quantitative estimate of drug-likeness (QED) is 0.655. The van der Waals surface area contributed by atoms with Crippen molar-refractivity contribution in [1.82, 2.24) is 19.6 Å². The molecule has 1 amide bonds. The fraction of sp³-hybridized carbons (Fsp3) is 0.440. The van der Waals surface area contributed by atoms with E-state index in [2.05, 4.69) is 45.2 Å². The van der Waals surface area contributed by atoms with Gasteiger partial charge in [-0.3, -0.25) is 9.48 Å². The number of nitrogens with zero attached hydrogens (tertiary/aromatic N) is 4. The van der Waals surface area contributed by atoms with Crippen LogP contribution < -0.4 is 0 Å². The van der Waals surface area contributed by atoms with Crippen molar-refractivity contribution in [3.63, 3.8) is 0 Å². The lowest BCUT2D eigenvalue weighted by molar-refractivity contribution is -0.131. The Morgan fingerprint density at radius 2 is 1.80 bits per heavy atom. The smallest absolute Gasteiger partial charge is 0.244 e. The molecule has 0 aliphatic carbocycles. The summed E-state index contributed by atoms with van der Waals surface area (Å²) in [4.78, 5) is 17.7. The first-order chi connectivity index (χ1) is 14.7. The number of amides is 1. The van der Waals surface area contributed by atoms with Crippen molar-refractivity contribution in [3.05, 3.63) is 66.4 Å². The largest absolute Gasteiger partial charge is 0.340 e. The number of fused-ring (bicyclic) bond motifs is 1. The van der Waals surface area contributed by atoms with E-state index in [0.717, 1.165) is 49.9 Å². The number of hydrogen-bond acceptors (Lipinski definition) is 3. The highest BCUT2D eigenvalue weighted by Crippen LogP contribution is 2.39. The second kappa shape index (κ2) is 8.23. The van der Waals surface area contributed by atoms with Crippen molar-refractivity contribution in [3.8, 4) is 0 Å². The van der Waals surface area contributed by atoms with Crippen LogP contribution in [-0.4, -0.2) is 58.2 Å². The third kappa shape index (κ3) is 3.99. The monoisotopic (exact) mass is 402 g/mol. The molecule has 5 heteroatoms. The van der Waals surface area contributed by atoms with Gasteiger partial charge in [0.2, 0.25) is 5.91 Å². The molecule has 5 rings (SSSR count). The number of piperidine rings is 1. The summed E-state index contributed by atoms with van der Waals surface area (Å²) in [7, 11) is 0. The van der Waals surface area contributed by atoms with E-state index in [4.69, 9.17) is 0 Å². The Morgan fingerprint density at radius 3 is 2.70 bits per heavy atom. The predicted molar refractivity (Wildman–Crippen MR) is 119 cm³/mol. The van der Waals surface area contributed by atoms with Gasteiger partial charge in [-0.2, -0.15) is 5.10 Å². The summed E-state index contributed by atoms with van der Waals surface area (Å²) >= 11 is 0. The molecule has 2 aliphatic rings. The van der Waals surface area contributed by atoms with Crippen molar-refractivity contribution < 1.29 is 4.79 Å².